The van der Waals surface area contributed by atoms with E-state index in [1.165, 1.54) is 10.4 Å². The van der Waals surface area contributed by atoms with Crippen molar-refractivity contribution in [2.75, 3.05) is 41.0 Å². The SMILES string of the molecule is COCO[C@@H](C[C@H]1CO1)C[C@H](CCO[Si](c1ccccc1)(c1ccccc1)C(C)(C)C)OCOC. The van der Waals surface area contributed by atoms with E-state index in [1.54, 1.807) is 14.2 Å². The van der Waals surface area contributed by atoms with Gasteiger partial charge in [-0.3, -0.25) is 0 Å². The van der Waals surface area contributed by atoms with E-state index in [-0.39, 0.29) is 36.9 Å². The first-order valence-corrected chi connectivity index (χ1v) is 14.4. The van der Waals surface area contributed by atoms with E-state index in [9.17, 15) is 0 Å². The van der Waals surface area contributed by atoms with Gasteiger partial charge in [-0.05, 0) is 21.8 Å². The van der Waals surface area contributed by atoms with Crippen LogP contribution in [-0.2, 0) is 28.1 Å². The van der Waals surface area contributed by atoms with E-state index in [1.807, 2.05) is 0 Å². The second kappa shape index (κ2) is 13.6. The van der Waals surface area contributed by atoms with Gasteiger partial charge in [0.25, 0.3) is 8.32 Å². The highest BCUT2D eigenvalue weighted by Crippen LogP contribution is 2.37. The second-order valence-electron chi connectivity index (χ2n) is 10.1. The lowest BCUT2D eigenvalue weighted by atomic mass is 10.0. The summed E-state index contributed by atoms with van der Waals surface area (Å²) in [5, 5.41) is 2.49. The molecule has 1 aliphatic heterocycles. The summed E-state index contributed by atoms with van der Waals surface area (Å²) in [5.41, 5.74) is 0. The van der Waals surface area contributed by atoms with Crippen molar-refractivity contribution in [1.82, 2.24) is 0 Å². The summed E-state index contributed by atoms with van der Waals surface area (Å²) in [6.45, 7) is 8.76. The number of benzene rings is 2. The Morgan fingerprint density at radius 2 is 1.37 bits per heavy atom. The zero-order chi connectivity index (χ0) is 25.2. The summed E-state index contributed by atoms with van der Waals surface area (Å²) < 4.78 is 34.9. The molecule has 1 fully saturated rings. The molecule has 6 nitrogen and oxygen atoms in total. The number of rotatable bonds is 16. The highest BCUT2D eigenvalue weighted by atomic mass is 28.4. The molecule has 194 valence electrons. The lowest BCUT2D eigenvalue weighted by Crippen LogP contribution is -2.66. The molecule has 0 N–H and O–H groups in total. The van der Waals surface area contributed by atoms with Crippen molar-refractivity contribution in [3.8, 4) is 0 Å². The fourth-order valence-corrected chi connectivity index (χ4v) is 9.31. The predicted octanol–water partition coefficient (Wildman–Crippen LogP) is 4.11. The fourth-order valence-electron chi connectivity index (χ4n) is 4.73. The predicted molar refractivity (Wildman–Crippen MR) is 141 cm³/mol. The van der Waals surface area contributed by atoms with Gasteiger partial charge in [0.2, 0.25) is 0 Å². The summed E-state index contributed by atoms with van der Waals surface area (Å²) >= 11 is 0. The van der Waals surface area contributed by atoms with Crippen molar-refractivity contribution in [3.05, 3.63) is 60.7 Å². The van der Waals surface area contributed by atoms with E-state index >= 15 is 0 Å². The maximum Gasteiger partial charge on any atom is 0.261 e. The molecule has 0 spiro atoms. The summed E-state index contributed by atoms with van der Waals surface area (Å²) in [6, 6.07) is 21.4. The monoisotopic (exact) mass is 502 g/mol. The van der Waals surface area contributed by atoms with Crippen molar-refractivity contribution < 1.29 is 28.1 Å². The van der Waals surface area contributed by atoms with Crippen LogP contribution in [0, 0.1) is 0 Å². The Hall–Kier alpha value is -1.58. The Morgan fingerprint density at radius 1 is 0.857 bits per heavy atom. The van der Waals surface area contributed by atoms with E-state index < -0.39 is 8.32 Å². The average molecular weight is 503 g/mol. The van der Waals surface area contributed by atoms with Crippen LogP contribution in [-0.4, -0.2) is 67.6 Å². The number of epoxide rings is 1. The average Bonchev–Trinajstić information content (AvgIpc) is 3.68. The van der Waals surface area contributed by atoms with Gasteiger partial charge in [-0.25, -0.2) is 0 Å². The van der Waals surface area contributed by atoms with Gasteiger partial charge in [0, 0.05) is 33.7 Å². The van der Waals surface area contributed by atoms with Gasteiger partial charge in [0.1, 0.15) is 13.6 Å². The van der Waals surface area contributed by atoms with Crippen molar-refractivity contribution in [2.45, 2.75) is 63.4 Å². The first-order chi connectivity index (χ1) is 16.9. The first-order valence-electron chi connectivity index (χ1n) is 12.5. The Labute approximate surface area is 212 Å². The van der Waals surface area contributed by atoms with Crippen LogP contribution in [0.5, 0.6) is 0 Å². The maximum absolute atomic E-state index is 7.06. The molecular formula is C28H42O6Si. The minimum absolute atomic E-state index is 0.00262. The first kappa shape index (κ1) is 28.0. The molecule has 0 unspecified atom stereocenters. The molecule has 2 aromatic rings. The minimum Gasteiger partial charge on any atom is -0.407 e. The minimum atomic E-state index is -2.58. The third-order valence-electron chi connectivity index (χ3n) is 6.47. The molecule has 0 saturated carbocycles. The van der Waals surface area contributed by atoms with Crippen LogP contribution in [0.25, 0.3) is 0 Å². The Kier molecular flexibility index (Phi) is 10.9. The molecule has 0 aliphatic carbocycles. The third-order valence-corrected chi connectivity index (χ3v) is 11.5. The van der Waals surface area contributed by atoms with Crippen LogP contribution in [0.4, 0.5) is 0 Å². The summed E-state index contributed by atoms with van der Waals surface area (Å²) in [6.07, 6.45) is 2.52. The number of methoxy groups -OCH3 is 2. The smallest absolute Gasteiger partial charge is 0.261 e. The quantitative estimate of drug-likeness (QED) is 0.196. The largest absolute Gasteiger partial charge is 0.407 e. The van der Waals surface area contributed by atoms with Gasteiger partial charge in [-0.2, -0.15) is 0 Å². The Bertz CT molecular complexity index is 798. The Balaban J connectivity index is 1.79. The van der Waals surface area contributed by atoms with Gasteiger partial charge in [0.15, 0.2) is 0 Å². The van der Waals surface area contributed by atoms with Crippen molar-refractivity contribution in [1.29, 1.82) is 0 Å². The molecule has 1 aliphatic rings. The van der Waals surface area contributed by atoms with Gasteiger partial charge in [-0.1, -0.05) is 81.4 Å². The normalized spacial score (nSPS) is 17.8. The highest BCUT2D eigenvalue weighted by molar-refractivity contribution is 6.99. The van der Waals surface area contributed by atoms with Crippen LogP contribution < -0.4 is 10.4 Å². The molecule has 35 heavy (non-hydrogen) atoms. The van der Waals surface area contributed by atoms with E-state index in [2.05, 4.69) is 81.4 Å². The third kappa shape index (κ3) is 7.95. The number of ether oxygens (including phenoxy) is 5. The van der Waals surface area contributed by atoms with Crippen molar-refractivity contribution in [3.63, 3.8) is 0 Å². The summed E-state index contributed by atoms with van der Waals surface area (Å²) in [5.74, 6) is 0. The number of hydrogen-bond donors (Lipinski definition) is 0. The fraction of sp³-hybridized carbons (Fsp3) is 0.571. The highest BCUT2D eigenvalue weighted by Gasteiger charge is 2.50. The van der Waals surface area contributed by atoms with Gasteiger partial charge in [0.05, 0.1) is 24.9 Å². The van der Waals surface area contributed by atoms with E-state index in [0.717, 1.165) is 25.9 Å². The van der Waals surface area contributed by atoms with Crippen LogP contribution in [0.15, 0.2) is 60.7 Å². The van der Waals surface area contributed by atoms with Gasteiger partial charge in [-0.15, -0.1) is 0 Å². The molecule has 0 aromatic heterocycles. The molecule has 2 aromatic carbocycles. The van der Waals surface area contributed by atoms with E-state index in [0.29, 0.717) is 6.61 Å². The van der Waals surface area contributed by atoms with Crippen LogP contribution in [0.3, 0.4) is 0 Å². The molecule has 0 radical (unpaired) electrons. The zero-order valence-corrected chi connectivity index (χ0v) is 22.9. The summed E-state index contributed by atoms with van der Waals surface area (Å²) in [4.78, 5) is 0. The zero-order valence-electron chi connectivity index (χ0n) is 21.9. The molecule has 3 rings (SSSR count). The topological polar surface area (TPSA) is 58.7 Å². The lowest BCUT2D eigenvalue weighted by Gasteiger charge is -2.43. The van der Waals surface area contributed by atoms with Crippen LogP contribution in [0.2, 0.25) is 5.04 Å². The number of hydrogen-bond acceptors (Lipinski definition) is 6. The second-order valence-corrected chi connectivity index (χ2v) is 14.4. The standard InChI is InChI=1S/C28H42O6Si/c1-28(2,3)35(26-12-8-6-9-13-26,27-14-10-7-11-15-27)34-17-16-23(32-21-29-4)18-24(33-22-30-5)19-25-20-31-25/h6-15,23-25H,16-22H2,1-5H3/t23-,24+,25-/m0/s1. The summed E-state index contributed by atoms with van der Waals surface area (Å²) in [7, 11) is 0.703. The molecule has 7 heteroatoms. The molecular weight excluding hydrogens is 460 g/mol. The molecule has 3 atom stereocenters. The lowest BCUT2D eigenvalue weighted by molar-refractivity contribution is -0.119. The van der Waals surface area contributed by atoms with E-state index in [4.69, 9.17) is 28.1 Å². The van der Waals surface area contributed by atoms with Crippen LogP contribution in [0.1, 0.15) is 40.0 Å². The molecule has 0 bridgehead atoms. The Morgan fingerprint density at radius 3 is 1.83 bits per heavy atom. The molecule has 0 amide bonds. The van der Waals surface area contributed by atoms with Gasteiger partial charge < -0.3 is 28.1 Å². The maximum atomic E-state index is 7.06. The molecule has 1 saturated heterocycles. The van der Waals surface area contributed by atoms with Crippen molar-refractivity contribution >= 4 is 18.7 Å². The molecule has 1 heterocycles. The van der Waals surface area contributed by atoms with Crippen LogP contribution >= 0.6 is 0 Å². The van der Waals surface area contributed by atoms with Gasteiger partial charge >= 0.3 is 0 Å². The van der Waals surface area contributed by atoms with Crippen molar-refractivity contribution in [2.24, 2.45) is 0 Å².